The number of ether oxygens (including phenoxy) is 1. The van der Waals surface area contributed by atoms with Crippen molar-refractivity contribution in [3.05, 3.63) is 30.0 Å². The number of hydrogen-bond acceptors (Lipinski definition) is 4. The molecule has 1 atom stereocenters. The largest absolute Gasteiger partial charge is 0.377 e. The number of alkyl halides is 1. The summed E-state index contributed by atoms with van der Waals surface area (Å²) in [5.74, 6) is 0.392. The highest BCUT2D eigenvalue weighted by molar-refractivity contribution is 6.18. The molecule has 6 heteroatoms. The Labute approximate surface area is 121 Å². The molecule has 0 spiro atoms. The molecule has 0 radical (unpaired) electrons. The standard InChI is InChI=1S/C14H15ClN2O3/c15-8-10-9-19-6-5-17(10)14(18)7-12-11-3-1-2-4-13(11)20-16-12/h1-4,10H,5-9H2. The van der Waals surface area contributed by atoms with Crippen molar-refractivity contribution in [1.29, 1.82) is 0 Å². The van der Waals surface area contributed by atoms with Crippen LogP contribution >= 0.6 is 11.6 Å². The summed E-state index contributed by atoms with van der Waals surface area (Å²) < 4.78 is 10.6. The van der Waals surface area contributed by atoms with Gasteiger partial charge in [-0.15, -0.1) is 11.6 Å². The van der Waals surface area contributed by atoms with E-state index in [2.05, 4.69) is 5.16 Å². The second kappa shape index (κ2) is 5.81. The van der Waals surface area contributed by atoms with Gasteiger partial charge < -0.3 is 14.2 Å². The van der Waals surface area contributed by atoms with Crippen LogP contribution in [0, 0.1) is 0 Å². The number of amides is 1. The molecule has 1 unspecified atom stereocenters. The van der Waals surface area contributed by atoms with Gasteiger partial charge in [-0.1, -0.05) is 17.3 Å². The molecule has 2 aromatic rings. The summed E-state index contributed by atoms with van der Waals surface area (Å²) in [5.41, 5.74) is 1.37. The highest BCUT2D eigenvalue weighted by atomic mass is 35.5. The van der Waals surface area contributed by atoms with Crippen LogP contribution in [0.25, 0.3) is 11.0 Å². The average molecular weight is 295 g/mol. The first-order chi connectivity index (χ1) is 9.79. The summed E-state index contributed by atoms with van der Waals surface area (Å²) in [4.78, 5) is 14.2. The van der Waals surface area contributed by atoms with Crippen LogP contribution in [-0.4, -0.2) is 47.6 Å². The van der Waals surface area contributed by atoms with Crippen LogP contribution < -0.4 is 0 Å². The Morgan fingerprint density at radius 1 is 1.45 bits per heavy atom. The number of benzene rings is 1. The van der Waals surface area contributed by atoms with Crippen molar-refractivity contribution in [1.82, 2.24) is 10.1 Å². The third-order valence-electron chi connectivity index (χ3n) is 3.50. The van der Waals surface area contributed by atoms with Gasteiger partial charge in [0, 0.05) is 17.8 Å². The van der Waals surface area contributed by atoms with Gasteiger partial charge in [-0.3, -0.25) is 4.79 Å². The number of aromatic nitrogens is 1. The molecule has 0 N–H and O–H groups in total. The van der Waals surface area contributed by atoms with Gasteiger partial charge in [0.2, 0.25) is 5.91 Å². The minimum Gasteiger partial charge on any atom is -0.377 e. The van der Waals surface area contributed by atoms with Crippen LogP contribution in [0.2, 0.25) is 0 Å². The maximum Gasteiger partial charge on any atom is 0.229 e. The Kier molecular flexibility index (Phi) is 3.89. The van der Waals surface area contributed by atoms with Crippen molar-refractivity contribution in [2.75, 3.05) is 25.6 Å². The second-order valence-electron chi connectivity index (χ2n) is 4.77. The number of hydrogen-bond donors (Lipinski definition) is 0. The summed E-state index contributed by atoms with van der Waals surface area (Å²) in [6.45, 7) is 1.62. The molecule has 1 amide bonds. The maximum absolute atomic E-state index is 12.4. The fraction of sp³-hybridized carbons (Fsp3) is 0.429. The summed E-state index contributed by atoms with van der Waals surface area (Å²) in [6.07, 6.45) is 0.227. The summed E-state index contributed by atoms with van der Waals surface area (Å²) in [7, 11) is 0. The highest BCUT2D eigenvalue weighted by Crippen LogP contribution is 2.19. The first-order valence-corrected chi connectivity index (χ1v) is 7.09. The summed E-state index contributed by atoms with van der Waals surface area (Å²) >= 11 is 5.89. The van der Waals surface area contributed by atoms with Gasteiger partial charge in [-0.25, -0.2) is 0 Å². The van der Waals surface area contributed by atoms with E-state index >= 15 is 0 Å². The molecule has 20 heavy (non-hydrogen) atoms. The first-order valence-electron chi connectivity index (χ1n) is 6.56. The van der Waals surface area contributed by atoms with Crippen molar-refractivity contribution in [3.8, 4) is 0 Å². The first kappa shape index (κ1) is 13.4. The van der Waals surface area contributed by atoms with E-state index in [4.69, 9.17) is 20.9 Å². The van der Waals surface area contributed by atoms with Crippen LogP contribution in [0.5, 0.6) is 0 Å². The zero-order valence-electron chi connectivity index (χ0n) is 10.9. The van der Waals surface area contributed by atoms with Gasteiger partial charge in [0.05, 0.1) is 25.7 Å². The van der Waals surface area contributed by atoms with Gasteiger partial charge in [0.15, 0.2) is 5.58 Å². The molecule has 1 saturated heterocycles. The molecule has 1 aromatic heterocycles. The number of carbonyl (C=O) groups excluding carboxylic acids is 1. The number of morpholine rings is 1. The van der Waals surface area contributed by atoms with Crippen LogP contribution in [0.3, 0.4) is 0 Å². The third-order valence-corrected chi connectivity index (χ3v) is 3.85. The predicted molar refractivity (Wildman–Crippen MR) is 74.8 cm³/mol. The lowest BCUT2D eigenvalue weighted by Gasteiger charge is -2.34. The van der Waals surface area contributed by atoms with E-state index in [1.54, 1.807) is 4.90 Å². The van der Waals surface area contributed by atoms with Crippen molar-refractivity contribution in [2.45, 2.75) is 12.5 Å². The van der Waals surface area contributed by atoms with Crippen molar-refractivity contribution >= 4 is 28.5 Å². The van der Waals surface area contributed by atoms with Crippen LogP contribution in [-0.2, 0) is 16.0 Å². The third kappa shape index (κ3) is 2.51. The van der Waals surface area contributed by atoms with E-state index < -0.39 is 0 Å². The number of para-hydroxylation sites is 1. The minimum absolute atomic E-state index is 0.0120. The molecule has 1 aromatic carbocycles. The molecular formula is C14H15ClN2O3. The van der Waals surface area contributed by atoms with Crippen molar-refractivity contribution in [2.24, 2.45) is 0 Å². The Morgan fingerprint density at radius 3 is 3.15 bits per heavy atom. The lowest BCUT2D eigenvalue weighted by molar-refractivity contribution is -0.138. The minimum atomic E-state index is -0.0592. The van der Waals surface area contributed by atoms with Gasteiger partial charge in [0.1, 0.15) is 5.69 Å². The average Bonchev–Trinajstić information content (AvgIpc) is 2.90. The molecule has 0 aliphatic carbocycles. The zero-order chi connectivity index (χ0) is 13.9. The molecule has 106 valence electrons. The fourth-order valence-corrected chi connectivity index (χ4v) is 2.68. The molecule has 1 aliphatic heterocycles. The Bertz CT molecular complexity index is 613. The lowest BCUT2D eigenvalue weighted by Crippen LogP contribution is -2.50. The smallest absolute Gasteiger partial charge is 0.229 e. The lowest BCUT2D eigenvalue weighted by atomic mass is 10.1. The zero-order valence-corrected chi connectivity index (χ0v) is 11.7. The van der Waals surface area contributed by atoms with Gasteiger partial charge in [-0.05, 0) is 12.1 Å². The number of halogens is 1. The van der Waals surface area contributed by atoms with E-state index in [-0.39, 0.29) is 18.4 Å². The Balaban J connectivity index is 1.78. The van der Waals surface area contributed by atoms with E-state index in [0.29, 0.717) is 36.9 Å². The van der Waals surface area contributed by atoms with Crippen molar-refractivity contribution in [3.63, 3.8) is 0 Å². The summed E-state index contributed by atoms with van der Waals surface area (Å²) in [6, 6.07) is 7.48. The quantitative estimate of drug-likeness (QED) is 0.811. The number of fused-ring (bicyclic) bond motifs is 1. The Hall–Kier alpha value is -1.59. The van der Waals surface area contributed by atoms with Crippen LogP contribution in [0.15, 0.2) is 28.8 Å². The molecule has 2 heterocycles. The maximum atomic E-state index is 12.4. The predicted octanol–water partition coefficient (Wildman–Crippen LogP) is 1.84. The van der Waals surface area contributed by atoms with Gasteiger partial charge in [0.25, 0.3) is 0 Å². The van der Waals surface area contributed by atoms with E-state index in [0.717, 1.165) is 5.39 Å². The molecule has 5 nitrogen and oxygen atoms in total. The van der Waals surface area contributed by atoms with E-state index in [9.17, 15) is 4.79 Å². The molecule has 1 fully saturated rings. The topological polar surface area (TPSA) is 55.6 Å². The highest BCUT2D eigenvalue weighted by Gasteiger charge is 2.27. The molecule has 0 bridgehead atoms. The van der Waals surface area contributed by atoms with Crippen LogP contribution in [0.1, 0.15) is 5.69 Å². The summed E-state index contributed by atoms with van der Waals surface area (Å²) in [5, 5.41) is 4.88. The Morgan fingerprint density at radius 2 is 2.30 bits per heavy atom. The van der Waals surface area contributed by atoms with Crippen molar-refractivity contribution < 1.29 is 14.1 Å². The van der Waals surface area contributed by atoms with Gasteiger partial charge >= 0.3 is 0 Å². The van der Waals surface area contributed by atoms with Gasteiger partial charge in [-0.2, -0.15) is 0 Å². The normalized spacial score (nSPS) is 19.4. The number of rotatable bonds is 3. The number of nitrogens with zero attached hydrogens (tertiary/aromatic N) is 2. The molecule has 3 rings (SSSR count). The SMILES string of the molecule is O=C(Cc1noc2ccccc12)N1CCOCC1CCl. The van der Waals surface area contributed by atoms with Crippen LogP contribution in [0.4, 0.5) is 0 Å². The molecule has 1 aliphatic rings. The monoisotopic (exact) mass is 294 g/mol. The number of carbonyl (C=O) groups is 1. The molecular weight excluding hydrogens is 280 g/mol. The fourth-order valence-electron chi connectivity index (χ4n) is 2.42. The molecule has 0 saturated carbocycles. The van der Waals surface area contributed by atoms with E-state index in [1.807, 2.05) is 24.3 Å². The second-order valence-corrected chi connectivity index (χ2v) is 5.08. The van der Waals surface area contributed by atoms with E-state index in [1.165, 1.54) is 0 Å².